The molecule has 0 aliphatic heterocycles. The Hall–Kier alpha value is -2.89. The third-order valence-electron chi connectivity index (χ3n) is 4.07. The summed E-state index contributed by atoms with van der Waals surface area (Å²) >= 11 is 0. The summed E-state index contributed by atoms with van der Waals surface area (Å²) in [4.78, 5) is 16.6. The number of rotatable bonds is 3. The first-order chi connectivity index (χ1) is 11.3. The summed E-state index contributed by atoms with van der Waals surface area (Å²) in [6.07, 6.45) is 7.24. The number of aromatic amines is 1. The van der Waals surface area contributed by atoms with Crippen LogP contribution in [0.1, 0.15) is 34.6 Å². The number of fused-ring (bicyclic) bond motifs is 1. The van der Waals surface area contributed by atoms with Crippen LogP contribution in [0, 0.1) is 0 Å². The minimum Gasteiger partial charge on any atom is -0.445 e. The average Bonchev–Trinajstić information content (AvgIpc) is 3.25. The molecule has 6 heteroatoms. The molecular weight excluding hydrogens is 292 g/mol. The predicted octanol–water partition coefficient (Wildman–Crippen LogP) is 3.20. The summed E-state index contributed by atoms with van der Waals surface area (Å²) in [5.41, 5.74) is 4.16. The summed E-state index contributed by atoms with van der Waals surface area (Å²) in [6.45, 7) is 0. The predicted molar refractivity (Wildman–Crippen MR) is 85.1 cm³/mol. The van der Waals surface area contributed by atoms with Gasteiger partial charge in [0.2, 0.25) is 5.89 Å². The Morgan fingerprint density at radius 2 is 2.17 bits per heavy atom. The van der Waals surface area contributed by atoms with Gasteiger partial charge in [-0.2, -0.15) is 5.10 Å². The highest BCUT2D eigenvalue weighted by Crippen LogP contribution is 2.24. The third-order valence-corrected chi connectivity index (χ3v) is 4.07. The number of aryl methyl sites for hydroxylation is 1. The van der Waals surface area contributed by atoms with Gasteiger partial charge in [0.15, 0.2) is 5.69 Å². The molecule has 1 aliphatic rings. The Labute approximate surface area is 132 Å². The summed E-state index contributed by atoms with van der Waals surface area (Å²) < 4.78 is 5.28. The molecule has 6 nitrogen and oxygen atoms in total. The number of H-pyrrole nitrogens is 1. The van der Waals surface area contributed by atoms with E-state index < -0.39 is 0 Å². The number of hydrogen-bond donors (Lipinski definition) is 2. The van der Waals surface area contributed by atoms with Crippen LogP contribution in [-0.4, -0.2) is 21.1 Å². The van der Waals surface area contributed by atoms with Crippen molar-refractivity contribution in [3.8, 4) is 11.5 Å². The smallest absolute Gasteiger partial charge is 0.276 e. The van der Waals surface area contributed by atoms with Crippen LogP contribution in [0.3, 0.4) is 0 Å². The first kappa shape index (κ1) is 13.8. The van der Waals surface area contributed by atoms with Gasteiger partial charge in [-0.15, -0.1) is 0 Å². The minimum absolute atomic E-state index is 0.186. The van der Waals surface area contributed by atoms with Crippen LogP contribution in [-0.2, 0) is 12.8 Å². The molecule has 0 spiro atoms. The van der Waals surface area contributed by atoms with Crippen LogP contribution in [0.15, 0.2) is 41.1 Å². The molecule has 1 amide bonds. The lowest BCUT2D eigenvalue weighted by atomic mass is 9.96. The van der Waals surface area contributed by atoms with E-state index >= 15 is 0 Å². The van der Waals surface area contributed by atoms with E-state index in [-0.39, 0.29) is 5.91 Å². The average molecular weight is 308 g/mol. The molecule has 1 aliphatic carbocycles. The lowest BCUT2D eigenvalue weighted by molar-refractivity contribution is 0.102. The maximum Gasteiger partial charge on any atom is 0.276 e. The number of benzene rings is 1. The Kier molecular flexibility index (Phi) is 3.42. The number of anilines is 1. The number of nitrogens with zero attached hydrogens (tertiary/aromatic N) is 2. The van der Waals surface area contributed by atoms with Gasteiger partial charge in [-0.05, 0) is 43.9 Å². The summed E-state index contributed by atoms with van der Waals surface area (Å²) in [6, 6.07) is 7.42. The van der Waals surface area contributed by atoms with E-state index in [9.17, 15) is 4.79 Å². The van der Waals surface area contributed by atoms with Crippen molar-refractivity contribution in [2.45, 2.75) is 25.7 Å². The number of carbonyl (C=O) groups is 1. The van der Waals surface area contributed by atoms with Crippen molar-refractivity contribution >= 4 is 11.6 Å². The molecule has 2 N–H and O–H groups in total. The Morgan fingerprint density at radius 3 is 3.04 bits per heavy atom. The zero-order valence-electron chi connectivity index (χ0n) is 12.5. The zero-order valence-corrected chi connectivity index (χ0v) is 12.5. The van der Waals surface area contributed by atoms with E-state index in [0.717, 1.165) is 42.5 Å². The van der Waals surface area contributed by atoms with Gasteiger partial charge in [-0.25, -0.2) is 4.98 Å². The number of carbonyl (C=O) groups excluding carboxylic acids is 1. The molecule has 0 saturated heterocycles. The van der Waals surface area contributed by atoms with Gasteiger partial charge in [0.25, 0.3) is 5.91 Å². The fourth-order valence-electron chi connectivity index (χ4n) is 2.96. The molecule has 116 valence electrons. The van der Waals surface area contributed by atoms with Crippen LogP contribution in [0.25, 0.3) is 11.5 Å². The standard InChI is InChI=1S/C17H16N4O2/c22-16(15-13-6-1-2-7-14(13)20-21-15)19-12-5-3-4-11(10-12)17-18-8-9-23-17/h3-5,8-10H,1-2,6-7H2,(H,19,22)(H,20,21). The Bertz CT molecular complexity index is 836. The van der Waals surface area contributed by atoms with Crippen molar-refractivity contribution in [1.82, 2.24) is 15.2 Å². The first-order valence-electron chi connectivity index (χ1n) is 7.68. The van der Waals surface area contributed by atoms with E-state index in [2.05, 4.69) is 20.5 Å². The zero-order chi connectivity index (χ0) is 15.6. The monoisotopic (exact) mass is 308 g/mol. The van der Waals surface area contributed by atoms with Crippen LogP contribution < -0.4 is 5.32 Å². The van der Waals surface area contributed by atoms with Crippen molar-refractivity contribution in [3.63, 3.8) is 0 Å². The van der Waals surface area contributed by atoms with Gasteiger partial charge < -0.3 is 9.73 Å². The van der Waals surface area contributed by atoms with E-state index in [1.165, 1.54) is 6.26 Å². The first-order valence-corrected chi connectivity index (χ1v) is 7.68. The minimum atomic E-state index is -0.186. The number of aromatic nitrogens is 3. The molecule has 0 unspecified atom stereocenters. The van der Waals surface area contributed by atoms with Gasteiger partial charge in [-0.3, -0.25) is 9.89 Å². The molecule has 23 heavy (non-hydrogen) atoms. The molecule has 0 saturated carbocycles. The third kappa shape index (κ3) is 2.63. The van der Waals surface area contributed by atoms with Gasteiger partial charge in [-0.1, -0.05) is 6.07 Å². The summed E-state index contributed by atoms with van der Waals surface area (Å²) in [5.74, 6) is 0.340. The molecule has 2 heterocycles. The molecule has 4 rings (SSSR count). The van der Waals surface area contributed by atoms with Crippen LogP contribution in [0.4, 0.5) is 5.69 Å². The topological polar surface area (TPSA) is 83.8 Å². The SMILES string of the molecule is O=C(Nc1cccc(-c2ncco2)c1)c1n[nH]c2c1CCCC2. The maximum atomic E-state index is 12.5. The van der Waals surface area contributed by atoms with Gasteiger partial charge >= 0.3 is 0 Å². The van der Waals surface area contributed by atoms with E-state index in [1.54, 1.807) is 6.20 Å². The van der Waals surface area contributed by atoms with Crippen molar-refractivity contribution in [3.05, 3.63) is 53.7 Å². The lowest BCUT2D eigenvalue weighted by Gasteiger charge is -2.11. The van der Waals surface area contributed by atoms with E-state index in [4.69, 9.17) is 4.42 Å². The molecule has 0 bridgehead atoms. The molecule has 1 aromatic carbocycles. The highest BCUT2D eigenvalue weighted by Gasteiger charge is 2.21. The largest absolute Gasteiger partial charge is 0.445 e. The quantitative estimate of drug-likeness (QED) is 0.778. The molecule has 0 atom stereocenters. The fourth-order valence-corrected chi connectivity index (χ4v) is 2.96. The summed E-state index contributed by atoms with van der Waals surface area (Å²) in [7, 11) is 0. The molecule has 3 aromatic rings. The molecule has 0 radical (unpaired) electrons. The number of oxazole rings is 1. The number of amides is 1. The van der Waals surface area contributed by atoms with E-state index in [1.807, 2.05) is 24.3 Å². The van der Waals surface area contributed by atoms with Crippen molar-refractivity contribution in [2.75, 3.05) is 5.32 Å². The second-order valence-corrected chi connectivity index (χ2v) is 5.61. The Balaban J connectivity index is 1.57. The lowest BCUT2D eigenvalue weighted by Crippen LogP contribution is -2.15. The Morgan fingerprint density at radius 1 is 1.26 bits per heavy atom. The summed E-state index contributed by atoms with van der Waals surface area (Å²) in [5, 5.41) is 10.1. The fraction of sp³-hybridized carbons (Fsp3) is 0.235. The highest BCUT2D eigenvalue weighted by atomic mass is 16.3. The second-order valence-electron chi connectivity index (χ2n) is 5.61. The maximum absolute atomic E-state index is 12.5. The van der Waals surface area contributed by atoms with Crippen molar-refractivity contribution < 1.29 is 9.21 Å². The molecule has 2 aromatic heterocycles. The van der Waals surface area contributed by atoms with Gasteiger partial charge in [0, 0.05) is 22.5 Å². The number of nitrogens with one attached hydrogen (secondary N) is 2. The van der Waals surface area contributed by atoms with Crippen LogP contribution in [0.2, 0.25) is 0 Å². The van der Waals surface area contributed by atoms with E-state index in [0.29, 0.717) is 17.3 Å². The van der Waals surface area contributed by atoms with Gasteiger partial charge in [0.1, 0.15) is 6.26 Å². The number of hydrogen-bond acceptors (Lipinski definition) is 4. The van der Waals surface area contributed by atoms with Crippen molar-refractivity contribution in [1.29, 1.82) is 0 Å². The van der Waals surface area contributed by atoms with Crippen LogP contribution >= 0.6 is 0 Å². The molecule has 0 fully saturated rings. The molecular formula is C17H16N4O2. The van der Waals surface area contributed by atoms with Gasteiger partial charge in [0.05, 0.1) is 6.20 Å². The van der Waals surface area contributed by atoms with Crippen molar-refractivity contribution in [2.24, 2.45) is 0 Å². The highest BCUT2D eigenvalue weighted by molar-refractivity contribution is 6.04. The van der Waals surface area contributed by atoms with Crippen LogP contribution in [0.5, 0.6) is 0 Å². The second kappa shape index (κ2) is 5.72. The normalized spacial score (nSPS) is 13.6.